The predicted octanol–water partition coefficient (Wildman–Crippen LogP) is 6.20. The van der Waals surface area contributed by atoms with Crippen LogP contribution in [0, 0.1) is 0 Å². The molecule has 2 amide bonds. The molecule has 41 heavy (non-hydrogen) atoms. The van der Waals surface area contributed by atoms with Gasteiger partial charge < -0.3 is 15.2 Å². The van der Waals surface area contributed by atoms with Crippen molar-refractivity contribution in [3.05, 3.63) is 95.7 Å². The molecule has 3 aromatic carbocycles. The van der Waals surface area contributed by atoms with Gasteiger partial charge in [-0.1, -0.05) is 49.6 Å². The van der Waals surface area contributed by atoms with Crippen molar-refractivity contribution in [1.82, 2.24) is 10.3 Å². The number of anilines is 2. The number of ketones is 1. The van der Waals surface area contributed by atoms with E-state index < -0.39 is 6.04 Å². The highest BCUT2D eigenvalue weighted by atomic mass is 16.2. The molecule has 4 aromatic rings. The largest absolute Gasteiger partial charge is 0.378 e. The second-order valence-corrected chi connectivity index (χ2v) is 11.1. The molecular formula is C34H38N4O3. The number of rotatable bonds is 9. The van der Waals surface area contributed by atoms with Gasteiger partial charge in [-0.05, 0) is 73.4 Å². The first kappa shape index (κ1) is 28.1. The number of fused-ring (bicyclic) bond motifs is 1. The van der Waals surface area contributed by atoms with Crippen LogP contribution in [0.5, 0.6) is 0 Å². The van der Waals surface area contributed by atoms with Crippen molar-refractivity contribution in [2.24, 2.45) is 0 Å². The Bertz CT molecular complexity index is 1520. The van der Waals surface area contributed by atoms with Crippen LogP contribution in [-0.4, -0.2) is 42.7 Å². The van der Waals surface area contributed by atoms with Gasteiger partial charge in [-0.25, -0.2) is 0 Å². The lowest BCUT2D eigenvalue weighted by Gasteiger charge is -2.34. The summed E-state index contributed by atoms with van der Waals surface area (Å²) in [6.45, 7) is 1.52. The van der Waals surface area contributed by atoms with Crippen LogP contribution in [0.1, 0.15) is 66.6 Å². The minimum Gasteiger partial charge on any atom is -0.378 e. The third-order valence-corrected chi connectivity index (χ3v) is 8.02. The van der Waals surface area contributed by atoms with E-state index in [-0.39, 0.29) is 30.1 Å². The number of carbonyl (C=O) groups excluding carboxylic acids is 3. The number of benzene rings is 3. The van der Waals surface area contributed by atoms with Gasteiger partial charge in [0.15, 0.2) is 5.78 Å². The second-order valence-electron chi connectivity index (χ2n) is 11.1. The standard InChI is InChI=1S/C34H38N4O3/c1-23(39)24-13-19-29(20-14-24)38(32(40)21-26-22-35-31-12-8-7-11-30(26)31)33(25-15-17-28(18-16-25)37(2)3)34(41)36-27-9-5-4-6-10-27/h7-8,11-20,22,27,33,35H,4-6,9-10,21H2,1-3H3,(H,36,41). The predicted molar refractivity (Wildman–Crippen MR) is 164 cm³/mol. The Balaban J connectivity index is 1.58. The van der Waals surface area contributed by atoms with Crippen molar-refractivity contribution in [3.8, 4) is 0 Å². The summed E-state index contributed by atoms with van der Waals surface area (Å²) in [4.78, 5) is 47.4. The van der Waals surface area contributed by atoms with Crippen molar-refractivity contribution in [2.75, 3.05) is 23.9 Å². The summed E-state index contributed by atoms with van der Waals surface area (Å²) >= 11 is 0. The third kappa shape index (κ3) is 6.35. The van der Waals surface area contributed by atoms with Gasteiger partial charge in [-0.2, -0.15) is 0 Å². The average Bonchev–Trinajstić information content (AvgIpc) is 3.39. The monoisotopic (exact) mass is 550 g/mol. The highest BCUT2D eigenvalue weighted by Gasteiger charge is 2.34. The number of aromatic nitrogens is 1. The number of nitrogens with zero attached hydrogens (tertiary/aromatic N) is 2. The average molecular weight is 551 g/mol. The number of aromatic amines is 1. The Hall–Kier alpha value is -4.39. The highest BCUT2D eigenvalue weighted by molar-refractivity contribution is 6.04. The molecule has 0 bridgehead atoms. The van der Waals surface area contributed by atoms with Crippen LogP contribution in [0.15, 0.2) is 79.0 Å². The van der Waals surface area contributed by atoms with Crippen molar-refractivity contribution < 1.29 is 14.4 Å². The summed E-state index contributed by atoms with van der Waals surface area (Å²) in [5.41, 5.74) is 4.68. The normalized spacial score (nSPS) is 14.4. The molecule has 5 rings (SSSR count). The summed E-state index contributed by atoms with van der Waals surface area (Å²) < 4.78 is 0. The fraction of sp³-hybridized carbons (Fsp3) is 0.324. The zero-order valence-corrected chi connectivity index (χ0v) is 24.0. The van der Waals surface area contributed by atoms with Crippen LogP contribution < -0.4 is 15.1 Å². The number of amides is 2. The van der Waals surface area contributed by atoms with Gasteiger partial charge in [-0.3, -0.25) is 19.3 Å². The molecule has 1 heterocycles. The van der Waals surface area contributed by atoms with Crippen molar-refractivity contribution in [1.29, 1.82) is 0 Å². The fourth-order valence-corrected chi connectivity index (χ4v) is 5.72. The van der Waals surface area contributed by atoms with Gasteiger partial charge in [0, 0.05) is 54.2 Å². The molecule has 7 nitrogen and oxygen atoms in total. The molecule has 1 aromatic heterocycles. The molecule has 1 unspecified atom stereocenters. The maximum atomic E-state index is 14.3. The van der Waals surface area contributed by atoms with E-state index in [1.54, 1.807) is 29.2 Å². The summed E-state index contributed by atoms with van der Waals surface area (Å²) in [5.74, 6) is -0.456. The van der Waals surface area contributed by atoms with E-state index >= 15 is 0 Å². The number of H-pyrrole nitrogens is 1. The second kappa shape index (κ2) is 12.4. The zero-order valence-electron chi connectivity index (χ0n) is 24.0. The number of hydrogen-bond donors (Lipinski definition) is 2. The topological polar surface area (TPSA) is 85.5 Å². The molecule has 2 N–H and O–H groups in total. The van der Waals surface area contributed by atoms with E-state index in [9.17, 15) is 14.4 Å². The number of carbonyl (C=O) groups is 3. The smallest absolute Gasteiger partial charge is 0.248 e. The highest BCUT2D eigenvalue weighted by Crippen LogP contribution is 2.32. The van der Waals surface area contributed by atoms with Gasteiger partial charge in [-0.15, -0.1) is 0 Å². The Kier molecular flexibility index (Phi) is 8.53. The van der Waals surface area contributed by atoms with E-state index in [4.69, 9.17) is 0 Å². The number of nitrogens with one attached hydrogen (secondary N) is 2. The van der Waals surface area contributed by atoms with E-state index in [0.717, 1.165) is 53.4 Å². The lowest BCUT2D eigenvalue weighted by Crippen LogP contribution is -2.47. The lowest BCUT2D eigenvalue weighted by molar-refractivity contribution is -0.127. The van der Waals surface area contributed by atoms with Crippen LogP contribution in [-0.2, 0) is 16.0 Å². The van der Waals surface area contributed by atoms with Crippen LogP contribution in [0.2, 0.25) is 0 Å². The quantitative estimate of drug-likeness (QED) is 0.243. The first-order valence-electron chi connectivity index (χ1n) is 14.4. The van der Waals surface area contributed by atoms with Crippen LogP contribution in [0.3, 0.4) is 0 Å². The van der Waals surface area contributed by atoms with Crippen molar-refractivity contribution >= 4 is 39.9 Å². The van der Waals surface area contributed by atoms with Gasteiger partial charge in [0.05, 0.1) is 6.42 Å². The number of para-hydroxylation sites is 1. The fourth-order valence-electron chi connectivity index (χ4n) is 5.72. The number of Topliss-reactive ketones (excluding diaryl/α,β-unsaturated/α-hetero) is 1. The Morgan fingerprint density at radius 3 is 2.20 bits per heavy atom. The van der Waals surface area contributed by atoms with Crippen LogP contribution in [0.4, 0.5) is 11.4 Å². The van der Waals surface area contributed by atoms with Gasteiger partial charge in [0.1, 0.15) is 6.04 Å². The van der Waals surface area contributed by atoms with Crippen molar-refractivity contribution in [3.63, 3.8) is 0 Å². The van der Waals surface area contributed by atoms with Gasteiger partial charge in [0.25, 0.3) is 0 Å². The summed E-state index contributed by atoms with van der Waals surface area (Å²) in [6, 6.07) is 21.8. The molecular weight excluding hydrogens is 512 g/mol. The van der Waals surface area contributed by atoms with Crippen LogP contribution in [0.25, 0.3) is 10.9 Å². The van der Waals surface area contributed by atoms with E-state index in [1.807, 2.05) is 73.7 Å². The van der Waals surface area contributed by atoms with Crippen LogP contribution >= 0.6 is 0 Å². The Morgan fingerprint density at radius 1 is 0.878 bits per heavy atom. The molecule has 0 aliphatic heterocycles. The maximum Gasteiger partial charge on any atom is 0.248 e. The molecule has 1 aliphatic carbocycles. The molecule has 0 radical (unpaired) electrons. The summed E-state index contributed by atoms with van der Waals surface area (Å²) in [6.07, 6.45) is 7.21. The molecule has 7 heteroatoms. The van der Waals surface area contributed by atoms with Gasteiger partial charge >= 0.3 is 0 Å². The summed E-state index contributed by atoms with van der Waals surface area (Å²) in [7, 11) is 3.94. The SMILES string of the molecule is CC(=O)c1ccc(N(C(=O)Cc2c[nH]c3ccccc23)C(C(=O)NC2CCCCC2)c2ccc(N(C)C)cc2)cc1. The first-order valence-corrected chi connectivity index (χ1v) is 14.4. The van der Waals surface area contributed by atoms with E-state index in [1.165, 1.54) is 13.3 Å². The maximum absolute atomic E-state index is 14.3. The third-order valence-electron chi connectivity index (χ3n) is 8.02. The molecule has 0 saturated heterocycles. The van der Waals surface area contributed by atoms with Crippen molar-refractivity contribution in [2.45, 2.75) is 57.5 Å². The van der Waals surface area contributed by atoms with Gasteiger partial charge in [0.2, 0.25) is 11.8 Å². The minimum absolute atomic E-state index is 0.0564. The molecule has 1 saturated carbocycles. The molecule has 1 fully saturated rings. The summed E-state index contributed by atoms with van der Waals surface area (Å²) in [5, 5.41) is 4.25. The Morgan fingerprint density at radius 2 is 1.54 bits per heavy atom. The minimum atomic E-state index is -0.881. The number of hydrogen-bond acceptors (Lipinski definition) is 4. The molecule has 1 aliphatic rings. The molecule has 212 valence electrons. The van der Waals surface area contributed by atoms with E-state index in [2.05, 4.69) is 10.3 Å². The molecule has 0 spiro atoms. The van der Waals surface area contributed by atoms with E-state index in [0.29, 0.717) is 11.3 Å². The Labute approximate surface area is 241 Å². The zero-order chi connectivity index (χ0) is 28.9. The lowest BCUT2D eigenvalue weighted by atomic mass is 9.94. The first-order chi connectivity index (χ1) is 19.8. The molecule has 1 atom stereocenters.